The van der Waals surface area contributed by atoms with Crippen LogP contribution in [0.15, 0.2) is 48.8 Å². The molecule has 3 aromatic rings. The molecule has 1 aromatic carbocycles. The van der Waals surface area contributed by atoms with Crippen molar-refractivity contribution in [3.63, 3.8) is 0 Å². The van der Waals surface area contributed by atoms with Gasteiger partial charge in [-0.3, -0.25) is 4.79 Å². The molecular formula is C23H27N5O2. The second kappa shape index (κ2) is 7.74. The number of aliphatic hydroxyl groups is 1. The van der Waals surface area contributed by atoms with Crippen LogP contribution in [0.3, 0.4) is 0 Å². The number of hydrogen-bond donors (Lipinski definition) is 2. The van der Waals surface area contributed by atoms with E-state index in [-0.39, 0.29) is 18.6 Å². The first-order chi connectivity index (χ1) is 14.6. The van der Waals surface area contributed by atoms with Crippen molar-refractivity contribution < 1.29 is 9.90 Å². The van der Waals surface area contributed by atoms with E-state index in [1.807, 2.05) is 46.1 Å². The van der Waals surface area contributed by atoms with Gasteiger partial charge in [0, 0.05) is 50.1 Å². The molecule has 1 saturated heterocycles. The Balaban J connectivity index is 1.37. The summed E-state index contributed by atoms with van der Waals surface area (Å²) in [7, 11) is 0. The van der Waals surface area contributed by atoms with Crippen LogP contribution < -0.4 is 10.6 Å². The van der Waals surface area contributed by atoms with E-state index in [2.05, 4.69) is 22.1 Å². The van der Waals surface area contributed by atoms with Crippen molar-refractivity contribution in [1.82, 2.24) is 14.5 Å². The summed E-state index contributed by atoms with van der Waals surface area (Å²) in [5.74, 6) is 0.625. The smallest absolute Gasteiger partial charge is 0.225 e. The first kappa shape index (κ1) is 19.1. The lowest BCUT2D eigenvalue weighted by Gasteiger charge is -2.36. The Kier molecular flexibility index (Phi) is 4.92. The Bertz CT molecular complexity index is 1050. The van der Waals surface area contributed by atoms with Gasteiger partial charge in [0.1, 0.15) is 0 Å². The third-order valence-corrected chi connectivity index (χ3v) is 6.21. The van der Waals surface area contributed by atoms with Gasteiger partial charge in [0.2, 0.25) is 5.91 Å². The molecule has 0 bridgehead atoms. The summed E-state index contributed by atoms with van der Waals surface area (Å²) in [5.41, 5.74) is 11.2. The highest BCUT2D eigenvalue weighted by Crippen LogP contribution is 2.32. The van der Waals surface area contributed by atoms with E-state index >= 15 is 0 Å². The molecule has 3 heterocycles. The second-order valence-electron chi connectivity index (χ2n) is 8.27. The zero-order valence-electron chi connectivity index (χ0n) is 16.9. The molecule has 5 rings (SSSR count). The van der Waals surface area contributed by atoms with Crippen molar-refractivity contribution in [2.24, 2.45) is 11.7 Å². The van der Waals surface area contributed by atoms with E-state index in [1.165, 1.54) is 0 Å². The number of aromatic nitrogens is 2. The molecule has 0 unspecified atom stereocenters. The number of benzene rings is 1. The molecule has 2 aliphatic rings. The molecular weight excluding hydrogens is 378 g/mol. The van der Waals surface area contributed by atoms with E-state index in [4.69, 9.17) is 5.73 Å². The van der Waals surface area contributed by atoms with Crippen molar-refractivity contribution in [1.29, 1.82) is 0 Å². The molecule has 1 aliphatic carbocycles. The Labute approximate surface area is 175 Å². The van der Waals surface area contributed by atoms with Gasteiger partial charge in [0.05, 0.1) is 23.9 Å². The number of rotatable bonds is 5. The number of carbonyl (C=O) groups is 1. The number of aliphatic hydroxyl groups excluding tert-OH is 1. The maximum absolute atomic E-state index is 12.3. The largest absolute Gasteiger partial charge is 0.394 e. The average molecular weight is 406 g/mol. The predicted octanol–water partition coefficient (Wildman–Crippen LogP) is 2.05. The summed E-state index contributed by atoms with van der Waals surface area (Å²) in [6, 6.07) is 11.8. The minimum atomic E-state index is -0.356. The highest BCUT2D eigenvalue weighted by atomic mass is 16.3. The van der Waals surface area contributed by atoms with Crippen LogP contribution in [0.25, 0.3) is 16.6 Å². The van der Waals surface area contributed by atoms with Gasteiger partial charge in [-0.25, -0.2) is 4.52 Å². The number of hydrogen-bond acceptors (Lipinski definition) is 5. The van der Waals surface area contributed by atoms with E-state index < -0.39 is 0 Å². The molecule has 30 heavy (non-hydrogen) atoms. The van der Waals surface area contributed by atoms with Crippen molar-refractivity contribution in [3.05, 3.63) is 54.4 Å². The summed E-state index contributed by atoms with van der Waals surface area (Å²) in [4.78, 5) is 16.7. The molecule has 1 atom stereocenters. The molecule has 156 valence electrons. The molecule has 3 N–H and O–H groups in total. The van der Waals surface area contributed by atoms with E-state index in [9.17, 15) is 9.90 Å². The molecule has 0 spiro atoms. The maximum atomic E-state index is 12.3. The van der Waals surface area contributed by atoms with Crippen molar-refractivity contribution in [3.8, 4) is 11.1 Å². The Hall–Kier alpha value is -2.90. The van der Waals surface area contributed by atoms with E-state index in [0.29, 0.717) is 5.91 Å². The van der Waals surface area contributed by atoms with Gasteiger partial charge in [-0.1, -0.05) is 24.3 Å². The number of piperazine rings is 1. The molecule has 7 nitrogen and oxygen atoms in total. The van der Waals surface area contributed by atoms with Gasteiger partial charge in [-0.15, -0.1) is 0 Å². The Morgan fingerprint density at radius 1 is 1.10 bits per heavy atom. The number of fused-ring (bicyclic) bond motifs is 1. The minimum Gasteiger partial charge on any atom is -0.394 e. The van der Waals surface area contributed by atoms with Crippen LogP contribution in [-0.2, 0) is 4.79 Å². The molecule has 2 aromatic heterocycles. The average Bonchev–Trinajstić information content (AvgIpc) is 3.56. The lowest BCUT2D eigenvalue weighted by atomic mass is 10.0. The van der Waals surface area contributed by atoms with Crippen molar-refractivity contribution in [2.45, 2.75) is 18.9 Å². The standard InChI is InChI=1S/C23H27N5O2/c24-20(15-29)17-3-1-16(2-4-17)19-13-22-21(7-8-25-28(22)14-19)26-9-11-27(12-10-26)23(30)18-5-6-18/h1-4,7-8,13-14,18,20,29H,5-6,9-12,15,24H2/t20-/m0/s1. The van der Waals surface area contributed by atoms with Gasteiger partial charge in [-0.05, 0) is 36.1 Å². The fourth-order valence-corrected chi connectivity index (χ4v) is 4.21. The number of carbonyl (C=O) groups excluding carboxylic acids is 1. The van der Waals surface area contributed by atoms with Crippen LogP contribution in [0.5, 0.6) is 0 Å². The van der Waals surface area contributed by atoms with Crippen LogP contribution in [0.1, 0.15) is 24.4 Å². The topological polar surface area (TPSA) is 87.1 Å². The molecule has 2 fully saturated rings. The van der Waals surface area contributed by atoms with Crippen LogP contribution in [0, 0.1) is 5.92 Å². The first-order valence-electron chi connectivity index (χ1n) is 10.6. The van der Waals surface area contributed by atoms with Gasteiger partial charge in [0.25, 0.3) is 0 Å². The highest BCUT2D eigenvalue weighted by molar-refractivity contribution is 5.82. The van der Waals surface area contributed by atoms with Gasteiger partial charge < -0.3 is 20.6 Å². The Morgan fingerprint density at radius 3 is 2.50 bits per heavy atom. The lowest BCUT2D eigenvalue weighted by molar-refractivity contribution is -0.132. The summed E-state index contributed by atoms with van der Waals surface area (Å²) in [6.07, 6.45) is 5.98. The maximum Gasteiger partial charge on any atom is 0.225 e. The van der Waals surface area contributed by atoms with E-state index in [0.717, 1.165) is 66.9 Å². The first-order valence-corrected chi connectivity index (χ1v) is 10.6. The number of amides is 1. The summed E-state index contributed by atoms with van der Waals surface area (Å²) < 4.78 is 1.92. The van der Waals surface area contributed by atoms with Crippen molar-refractivity contribution >= 4 is 17.1 Å². The predicted molar refractivity (Wildman–Crippen MR) is 116 cm³/mol. The molecule has 1 saturated carbocycles. The second-order valence-corrected chi connectivity index (χ2v) is 8.27. The van der Waals surface area contributed by atoms with Crippen molar-refractivity contribution in [2.75, 3.05) is 37.7 Å². The number of nitrogens with zero attached hydrogens (tertiary/aromatic N) is 4. The lowest BCUT2D eigenvalue weighted by Crippen LogP contribution is -2.49. The van der Waals surface area contributed by atoms with Crippen LogP contribution in [0.2, 0.25) is 0 Å². The fourth-order valence-electron chi connectivity index (χ4n) is 4.21. The zero-order valence-corrected chi connectivity index (χ0v) is 16.9. The third-order valence-electron chi connectivity index (χ3n) is 6.21. The van der Waals surface area contributed by atoms with Gasteiger partial charge in [0.15, 0.2) is 0 Å². The van der Waals surface area contributed by atoms with Gasteiger partial charge >= 0.3 is 0 Å². The SMILES string of the molecule is N[C@@H](CO)c1ccc(-c2cc3c(N4CCN(C(=O)C5CC5)CC4)ccnn3c2)cc1. The number of anilines is 1. The van der Waals surface area contributed by atoms with Crippen LogP contribution in [0.4, 0.5) is 5.69 Å². The molecule has 1 aliphatic heterocycles. The molecule has 7 heteroatoms. The third kappa shape index (κ3) is 3.55. The quantitative estimate of drug-likeness (QED) is 0.678. The normalized spacial score (nSPS) is 18.1. The van der Waals surface area contributed by atoms with Gasteiger partial charge in [-0.2, -0.15) is 5.10 Å². The van der Waals surface area contributed by atoms with Crippen LogP contribution >= 0.6 is 0 Å². The summed E-state index contributed by atoms with van der Waals surface area (Å²) >= 11 is 0. The van der Waals surface area contributed by atoms with E-state index in [1.54, 1.807) is 0 Å². The minimum absolute atomic E-state index is 0.0672. The summed E-state index contributed by atoms with van der Waals surface area (Å²) in [6.45, 7) is 3.18. The fraction of sp³-hybridized carbons (Fsp3) is 0.391. The number of nitrogens with two attached hydrogens (primary N) is 1. The monoisotopic (exact) mass is 405 g/mol. The summed E-state index contributed by atoms with van der Waals surface area (Å²) in [5, 5.41) is 13.7. The zero-order chi connectivity index (χ0) is 20.7. The molecule has 0 radical (unpaired) electrons. The van der Waals surface area contributed by atoms with Crippen LogP contribution in [-0.4, -0.2) is 58.3 Å². The molecule has 1 amide bonds. The highest BCUT2D eigenvalue weighted by Gasteiger charge is 2.34. The Morgan fingerprint density at radius 2 is 1.83 bits per heavy atom.